The average molecular weight is 292 g/mol. The van der Waals surface area contributed by atoms with Gasteiger partial charge in [-0.3, -0.25) is 9.59 Å². The molecule has 2 atom stereocenters. The first-order chi connectivity index (χ1) is 9.79. The zero-order valence-electron chi connectivity index (χ0n) is 13.2. The number of nitrogens with one attached hydrogen (secondary N) is 2. The molecule has 0 unspecified atom stereocenters. The van der Waals surface area contributed by atoms with E-state index in [1.165, 1.54) is 6.07 Å². The molecule has 1 aliphatic heterocycles. The van der Waals surface area contributed by atoms with Gasteiger partial charge in [-0.15, -0.1) is 0 Å². The summed E-state index contributed by atoms with van der Waals surface area (Å²) >= 11 is 0. The van der Waals surface area contributed by atoms with Crippen LogP contribution >= 0.6 is 0 Å². The highest BCUT2D eigenvalue weighted by Crippen LogP contribution is 2.34. The van der Waals surface area contributed by atoms with E-state index >= 15 is 0 Å². The predicted molar refractivity (Wildman–Crippen MR) is 81.4 cm³/mol. The van der Waals surface area contributed by atoms with Crippen LogP contribution in [0.2, 0.25) is 0 Å². The van der Waals surface area contributed by atoms with E-state index in [-0.39, 0.29) is 23.0 Å². The Labute approximate surface area is 125 Å². The summed E-state index contributed by atoms with van der Waals surface area (Å²) in [6.45, 7) is 9.55. The zero-order chi connectivity index (χ0) is 15.6. The molecule has 0 radical (unpaired) electrons. The third kappa shape index (κ3) is 3.73. The Morgan fingerprint density at radius 1 is 1.43 bits per heavy atom. The SMILES string of the molecule is Cc1[nH]c(=O)ccc1C(=O)NC[C@H]1CCO[C@@H]1C(C)(C)C. The Balaban J connectivity index is 1.99. The van der Waals surface area contributed by atoms with Crippen LogP contribution in [0, 0.1) is 18.3 Å². The number of ether oxygens (including phenoxy) is 1. The van der Waals surface area contributed by atoms with Crippen LogP contribution in [0.5, 0.6) is 0 Å². The minimum atomic E-state index is -0.193. The van der Waals surface area contributed by atoms with Crippen LogP contribution in [0.4, 0.5) is 0 Å². The number of aryl methyl sites for hydroxylation is 1. The Bertz CT molecular complexity index is 572. The van der Waals surface area contributed by atoms with Gasteiger partial charge in [-0.2, -0.15) is 0 Å². The van der Waals surface area contributed by atoms with Crippen molar-refractivity contribution in [3.63, 3.8) is 0 Å². The molecule has 0 saturated carbocycles. The second-order valence-corrected chi connectivity index (χ2v) is 6.78. The van der Waals surface area contributed by atoms with Gasteiger partial charge >= 0.3 is 0 Å². The van der Waals surface area contributed by atoms with Crippen molar-refractivity contribution in [2.45, 2.75) is 40.2 Å². The quantitative estimate of drug-likeness (QED) is 0.893. The number of carbonyl (C=O) groups is 1. The fraction of sp³-hybridized carbons (Fsp3) is 0.625. The van der Waals surface area contributed by atoms with E-state index in [1.807, 2.05) is 0 Å². The molecule has 0 spiro atoms. The molecule has 0 bridgehead atoms. The first kappa shape index (κ1) is 15.8. The molecule has 1 fully saturated rings. The highest BCUT2D eigenvalue weighted by atomic mass is 16.5. The van der Waals surface area contributed by atoms with Crippen molar-refractivity contribution >= 4 is 5.91 Å². The van der Waals surface area contributed by atoms with Gasteiger partial charge in [0.2, 0.25) is 5.56 Å². The maximum absolute atomic E-state index is 12.2. The number of rotatable bonds is 3. The van der Waals surface area contributed by atoms with Crippen molar-refractivity contribution in [2.24, 2.45) is 11.3 Å². The Hall–Kier alpha value is -1.62. The van der Waals surface area contributed by atoms with Gasteiger partial charge in [0.05, 0.1) is 11.7 Å². The fourth-order valence-corrected chi connectivity index (χ4v) is 2.94. The molecular formula is C16H24N2O3. The number of aromatic nitrogens is 1. The molecule has 5 nitrogen and oxygen atoms in total. The first-order valence-electron chi connectivity index (χ1n) is 7.39. The lowest BCUT2D eigenvalue weighted by Crippen LogP contribution is -2.39. The molecule has 1 aromatic rings. The molecule has 1 saturated heterocycles. The van der Waals surface area contributed by atoms with Crippen LogP contribution < -0.4 is 10.9 Å². The molecule has 5 heteroatoms. The largest absolute Gasteiger partial charge is 0.377 e. The van der Waals surface area contributed by atoms with Gasteiger partial charge in [0.1, 0.15) is 0 Å². The van der Waals surface area contributed by atoms with Crippen molar-refractivity contribution in [3.05, 3.63) is 33.7 Å². The van der Waals surface area contributed by atoms with E-state index in [1.54, 1.807) is 13.0 Å². The molecule has 1 aromatic heterocycles. The number of amides is 1. The number of pyridine rings is 1. The molecule has 1 aliphatic rings. The van der Waals surface area contributed by atoms with E-state index in [0.29, 0.717) is 23.7 Å². The monoisotopic (exact) mass is 292 g/mol. The van der Waals surface area contributed by atoms with Gasteiger partial charge in [-0.05, 0) is 24.8 Å². The summed E-state index contributed by atoms with van der Waals surface area (Å²) in [6, 6.07) is 2.94. The third-order valence-corrected chi connectivity index (χ3v) is 3.95. The van der Waals surface area contributed by atoms with Crippen LogP contribution in [0.15, 0.2) is 16.9 Å². The van der Waals surface area contributed by atoms with Crippen molar-refractivity contribution in [2.75, 3.05) is 13.2 Å². The summed E-state index contributed by atoms with van der Waals surface area (Å²) in [7, 11) is 0. The molecule has 2 rings (SSSR count). The van der Waals surface area contributed by atoms with E-state index in [4.69, 9.17) is 4.74 Å². The molecule has 1 amide bonds. The summed E-state index contributed by atoms with van der Waals surface area (Å²) in [5.74, 6) is 0.181. The smallest absolute Gasteiger partial charge is 0.253 e. The maximum Gasteiger partial charge on any atom is 0.253 e. The molecule has 2 heterocycles. The van der Waals surface area contributed by atoms with Crippen molar-refractivity contribution < 1.29 is 9.53 Å². The lowest BCUT2D eigenvalue weighted by Gasteiger charge is -2.31. The number of carbonyl (C=O) groups excluding carboxylic acids is 1. The van der Waals surface area contributed by atoms with Crippen LogP contribution in [0.25, 0.3) is 0 Å². The average Bonchev–Trinajstić information content (AvgIpc) is 2.84. The normalized spacial score (nSPS) is 22.3. The van der Waals surface area contributed by atoms with E-state index in [0.717, 1.165) is 13.0 Å². The lowest BCUT2D eigenvalue weighted by atomic mass is 9.81. The minimum Gasteiger partial charge on any atom is -0.377 e. The highest BCUT2D eigenvalue weighted by molar-refractivity contribution is 5.95. The topological polar surface area (TPSA) is 71.2 Å². The van der Waals surface area contributed by atoms with E-state index in [2.05, 4.69) is 31.1 Å². The van der Waals surface area contributed by atoms with Gasteiger partial charge in [-0.25, -0.2) is 0 Å². The van der Waals surface area contributed by atoms with Crippen molar-refractivity contribution in [1.29, 1.82) is 0 Å². The molecular weight excluding hydrogens is 268 g/mol. The minimum absolute atomic E-state index is 0.0692. The second-order valence-electron chi connectivity index (χ2n) is 6.78. The summed E-state index contributed by atoms with van der Waals surface area (Å²) in [5.41, 5.74) is 0.983. The fourth-order valence-electron chi connectivity index (χ4n) is 2.94. The summed E-state index contributed by atoms with van der Waals surface area (Å²) < 4.78 is 5.81. The van der Waals surface area contributed by atoms with Crippen molar-refractivity contribution in [3.8, 4) is 0 Å². The van der Waals surface area contributed by atoms with Gasteiger partial charge in [0, 0.05) is 30.8 Å². The summed E-state index contributed by atoms with van der Waals surface area (Å²) in [6.07, 6.45) is 1.13. The zero-order valence-corrected chi connectivity index (χ0v) is 13.2. The number of aromatic amines is 1. The molecule has 21 heavy (non-hydrogen) atoms. The standard InChI is InChI=1S/C16H24N2O3/c1-10-12(5-6-13(19)18-10)15(20)17-9-11-7-8-21-14(11)16(2,3)4/h5-6,11,14H,7-9H2,1-4H3,(H,17,20)(H,18,19)/t11-,14+/m1/s1. The van der Waals surface area contributed by atoms with Crippen LogP contribution in [-0.2, 0) is 4.74 Å². The molecule has 116 valence electrons. The van der Waals surface area contributed by atoms with Gasteiger partial charge in [-0.1, -0.05) is 20.8 Å². The van der Waals surface area contributed by atoms with Crippen LogP contribution in [0.3, 0.4) is 0 Å². The second kappa shape index (κ2) is 6.02. The summed E-state index contributed by atoms with van der Waals surface area (Å²) in [4.78, 5) is 26.0. The Morgan fingerprint density at radius 2 is 2.14 bits per heavy atom. The number of hydrogen-bond donors (Lipinski definition) is 2. The van der Waals surface area contributed by atoms with Gasteiger partial charge < -0.3 is 15.0 Å². The molecule has 2 N–H and O–H groups in total. The van der Waals surface area contributed by atoms with Gasteiger partial charge in [0.25, 0.3) is 5.91 Å². The van der Waals surface area contributed by atoms with Crippen LogP contribution in [0.1, 0.15) is 43.2 Å². The summed E-state index contributed by atoms with van der Waals surface area (Å²) in [5, 5.41) is 2.96. The van der Waals surface area contributed by atoms with E-state index in [9.17, 15) is 9.59 Å². The van der Waals surface area contributed by atoms with Gasteiger partial charge in [0.15, 0.2) is 0 Å². The highest BCUT2D eigenvalue weighted by Gasteiger charge is 2.37. The van der Waals surface area contributed by atoms with Crippen LogP contribution in [-0.4, -0.2) is 30.1 Å². The molecule has 0 aromatic carbocycles. The Kier molecular flexibility index (Phi) is 4.52. The Morgan fingerprint density at radius 3 is 2.76 bits per heavy atom. The predicted octanol–water partition coefficient (Wildman–Crippen LogP) is 1.86. The number of H-pyrrole nitrogens is 1. The number of hydrogen-bond acceptors (Lipinski definition) is 3. The maximum atomic E-state index is 12.2. The molecule has 0 aliphatic carbocycles. The third-order valence-electron chi connectivity index (χ3n) is 3.95. The van der Waals surface area contributed by atoms with Crippen molar-refractivity contribution in [1.82, 2.24) is 10.3 Å². The van der Waals surface area contributed by atoms with E-state index < -0.39 is 0 Å². The first-order valence-corrected chi connectivity index (χ1v) is 7.39. The lowest BCUT2D eigenvalue weighted by molar-refractivity contribution is 0.00737.